The zero-order chi connectivity index (χ0) is 20.8. The molecule has 0 nitrogen and oxygen atoms in total. The van der Waals surface area contributed by atoms with E-state index >= 15 is 0 Å². The predicted octanol–water partition coefficient (Wildman–Crippen LogP) is 8.77. The third-order valence-corrected chi connectivity index (χ3v) is 8.01. The Hall–Kier alpha value is -1.56. The Morgan fingerprint density at radius 2 is 1.40 bits per heavy atom. The molecule has 0 aromatic heterocycles. The highest BCUT2D eigenvalue weighted by Crippen LogP contribution is 2.39. The van der Waals surface area contributed by atoms with Crippen LogP contribution in [0.2, 0.25) is 0 Å². The second-order valence-electron chi connectivity index (χ2n) is 10.2. The molecule has 162 valence electrons. The van der Waals surface area contributed by atoms with Gasteiger partial charge in [0.15, 0.2) is 0 Å². The van der Waals surface area contributed by atoms with Crippen molar-refractivity contribution in [2.24, 2.45) is 5.92 Å². The van der Waals surface area contributed by atoms with Crippen LogP contribution in [-0.2, 0) is 19.3 Å². The molecule has 0 heteroatoms. The van der Waals surface area contributed by atoms with E-state index in [-0.39, 0.29) is 0 Å². The van der Waals surface area contributed by atoms with Crippen molar-refractivity contribution in [1.82, 2.24) is 0 Å². The molecule has 1 unspecified atom stereocenters. The summed E-state index contributed by atoms with van der Waals surface area (Å²) in [4.78, 5) is 0. The third-order valence-electron chi connectivity index (χ3n) is 8.01. The number of fused-ring (bicyclic) bond motifs is 1. The fourth-order valence-corrected chi connectivity index (χ4v) is 5.95. The van der Waals surface area contributed by atoms with Crippen LogP contribution in [0.4, 0.5) is 0 Å². The molecule has 0 spiro atoms. The van der Waals surface area contributed by atoms with Gasteiger partial charge in [0.25, 0.3) is 0 Å². The van der Waals surface area contributed by atoms with Crippen molar-refractivity contribution in [2.75, 3.05) is 0 Å². The number of rotatable bonds is 8. The fourth-order valence-electron chi connectivity index (χ4n) is 5.95. The lowest BCUT2D eigenvalue weighted by Crippen LogP contribution is -2.14. The Morgan fingerprint density at radius 1 is 0.700 bits per heavy atom. The molecule has 4 rings (SSSR count). The highest BCUT2D eigenvalue weighted by atomic mass is 14.3. The third kappa shape index (κ3) is 5.37. The maximum atomic E-state index is 2.50. The van der Waals surface area contributed by atoms with Crippen molar-refractivity contribution in [2.45, 2.75) is 109 Å². The summed E-state index contributed by atoms with van der Waals surface area (Å²) in [6.07, 6.45) is 17.6. The normalized spacial score (nSPS) is 23.9. The van der Waals surface area contributed by atoms with Gasteiger partial charge in [-0.05, 0) is 103 Å². The van der Waals surface area contributed by atoms with E-state index in [1.165, 1.54) is 83.5 Å². The number of hydrogen-bond acceptors (Lipinski definition) is 0. The van der Waals surface area contributed by atoms with Gasteiger partial charge >= 0.3 is 0 Å². The fraction of sp³-hybridized carbons (Fsp3) is 0.600. The molecule has 30 heavy (non-hydrogen) atoms. The molecule has 0 radical (unpaired) electrons. The predicted molar refractivity (Wildman–Crippen MR) is 130 cm³/mol. The molecule has 0 heterocycles. The first-order valence-corrected chi connectivity index (χ1v) is 13.0. The van der Waals surface area contributed by atoms with Gasteiger partial charge in [0.05, 0.1) is 0 Å². The van der Waals surface area contributed by atoms with Crippen molar-refractivity contribution in [3.8, 4) is 0 Å². The van der Waals surface area contributed by atoms with Gasteiger partial charge in [-0.2, -0.15) is 0 Å². The van der Waals surface area contributed by atoms with Crippen molar-refractivity contribution >= 4 is 0 Å². The van der Waals surface area contributed by atoms with Gasteiger partial charge in [-0.1, -0.05) is 82.0 Å². The maximum absolute atomic E-state index is 2.50. The quantitative estimate of drug-likeness (QED) is 0.414. The van der Waals surface area contributed by atoms with E-state index in [1.54, 1.807) is 27.8 Å². The van der Waals surface area contributed by atoms with E-state index in [0.29, 0.717) is 5.92 Å². The highest BCUT2D eigenvalue weighted by Gasteiger charge is 2.23. The van der Waals surface area contributed by atoms with Gasteiger partial charge in [-0.25, -0.2) is 0 Å². The smallest absolute Gasteiger partial charge is 0.0118 e. The average Bonchev–Trinajstić information content (AvgIpc) is 2.81. The molecule has 0 bridgehead atoms. The van der Waals surface area contributed by atoms with E-state index in [2.05, 4.69) is 56.3 Å². The number of hydrogen-bond donors (Lipinski definition) is 0. The first kappa shape index (κ1) is 21.7. The lowest BCUT2D eigenvalue weighted by molar-refractivity contribution is 0.304. The SMILES string of the molecule is CCCCc1ccc2c(c1)CCC(c1ccc(C3CCC(CCCC)CC3)cc1)C2. The average molecular weight is 403 g/mol. The second kappa shape index (κ2) is 10.7. The Kier molecular flexibility index (Phi) is 7.69. The molecule has 1 saturated carbocycles. The molecule has 2 aliphatic rings. The largest absolute Gasteiger partial charge is 0.0654 e. The van der Waals surface area contributed by atoms with Gasteiger partial charge in [0, 0.05) is 0 Å². The molecule has 1 fully saturated rings. The Balaban J connectivity index is 1.34. The Labute approximate surface area is 185 Å². The summed E-state index contributed by atoms with van der Waals surface area (Å²) in [6, 6.07) is 17.2. The molecule has 0 aliphatic heterocycles. The molecule has 2 aromatic rings. The Bertz CT molecular complexity index is 776. The van der Waals surface area contributed by atoms with E-state index in [9.17, 15) is 0 Å². The molecule has 2 aromatic carbocycles. The standard InChI is InChI=1S/C30H42/c1-3-5-7-23-9-12-25(13-10-23)26-15-17-27(18-16-26)29-20-19-28-21-24(8-6-4-2)11-14-30(28)22-29/h11,14-18,21,23,25,29H,3-10,12-13,19-20,22H2,1-2H3. The van der Waals surface area contributed by atoms with E-state index in [1.807, 2.05) is 0 Å². The monoisotopic (exact) mass is 402 g/mol. The zero-order valence-corrected chi connectivity index (χ0v) is 19.5. The van der Waals surface area contributed by atoms with Gasteiger partial charge in [0.2, 0.25) is 0 Å². The van der Waals surface area contributed by atoms with Crippen LogP contribution in [-0.4, -0.2) is 0 Å². The van der Waals surface area contributed by atoms with Crippen LogP contribution in [0, 0.1) is 5.92 Å². The number of aryl methyl sites for hydroxylation is 2. The molecule has 1 atom stereocenters. The molecular formula is C30H42. The van der Waals surface area contributed by atoms with Crippen LogP contribution in [0.15, 0.2) is 42.5 Å². The van der Waals surface area contributed by atoms with Gasteiger partial charge in [0.1, 0.15) is 0 Å². The summed E-state index contributed by atoms with van der Waals surface area (Å²) in [5.74, 6) is 2.52. The Morgan fingerprint density at radius 3 is 2.10 bits per heavy atom. The van der Waals surface area contributed by atoms with E-state index in [4.69, 9.17) is 0 Å². The minimum absolute atomic E-state index is 0.706. The van der Waals surface area contributed by atoms with Crippen molar-refractivity contribution < 1.29 is 0 Å². The lowest BCUT2D eigenvalue weighted by atomic mass is 9.76. The summed E-state index contributed by atoms with van der Waals surface area (Å²) in [7, 11) is 0. The van der Waals surface area contributed by atoms with Crippen molar-refractivity contribution in [3.63, 3.8) is 0 Å². The molecule has 2 aliphatic carbocycles. The van der Waals surface area contributed by atoms with Gasteiger partial charge < -0.3 is 0 Å². The number of benzene rings is 2. The molecule has 0 N–H and O–H groups in total. The first-order valence-electron chi connectivity index (χ1n) is 13.0. The minimum atomic E-state index is 0.706. The topological polar surface area (TPSA) is 0 Å². The lowest BCUT2D eigenvalue weighted by Gasteiger charge is -2.29. The van der Waals surface area contributed by atoms with Gasteiger partial charge in [-0.3, -0.25) is 0 Å². The van der Waals surface area contributed by atoms with Crippen LogP contribution in [0.3, 0.4) is 0 Å². The van der Waals surface area contributed by atoms with Gasteiger partial charge in [-0.15, -0.1) is 0 Å². The molecule has 0 saturated heterocycles. The van der Waals surface area contributed by atoms with E-state index in [0.717, 1.165) is 11.8 Å². The molecular weight excluding hydrogens is 360 g/mol. The minimum Gasteiger partial charge on any atom is -0.0654 e. The first-order chi connectivity index (χ1) is 14.8. The van der Waals surface area contributed by atoms with Crippen LogP contribution in [0.5, 0.6) is 0 Å². The number of unbranched alkanes of at least 4 members (excludes halogenated alkanes) is 2. The van der Waals surface area contributed by atoms with Crippen LogP contribution >= 0.6 is 0 Å². The van der Waals surface area contributed by atoms with Crippen LogP contribution in [0.1, 0.15) is 118 Å². The highest BCUT2D eigenvalue weighted by molar-refractivity contribution is 5.38. The summed E-state index contributed by atoms with van der Waals surface area (Å²) >= 11 is 0. The zero-order valence-electron chi connectivity index (χ0n) is 19.5. The summed E-state index contributed by atoms with van der Waals surface area (Å²) < 4.78 is 0. The molecule has 0 amide bonds. The maximum Gasteiger partial charge on any atom is -0.0118 e. The summed E-state index contributed by atoms with van der Waals surface area (Å²) in [5.41, 5.74) is 7.93. The second-order valence-corrected chi connectivity index (χ2v) is 10.2. The summed E-state index contributed by atoms with van der Waals surface area (Å²) in [6.45, 7) is 4.61. The van der Waals surface area contributed by atoms with Crippen molar-refractivity contribution in [1.29, 1.82) is 0 Å². The summed E-state index contributed by atoms with van der Waals surface area (Å²) in [5, 5.41) is 0. The van der Waals surface area contributed by atoms with Crippen LogP contribution < -0.4 is 0 Å². The van der Waals surface area contributed by atoms with E-state index < -0.39 is 0 Å². The van der Waals surface area contributed by atoms with Crippen molar-refractivity contribution in [3.05, 3.63) is 70.3 Å². The van der Waals surface area contributed by atoms with Crippen LogP contribution in [0.25, 0.3) is 0 Å².